The van der Waals surface area contributed by atoms with Gasteiger partial charge >= 0.3 is 0 Å². The quantitative estimate of drug-likeness (QED) is 0.825. The van der Waals surface area contributed by atoms with Crippen molar-refractivity contribution >= 4 is 23.0 Å². The van der Waals surface area contributed by atoms with Gasteiger partial charge in [-0.1, -0.05) is 11.6 Å². The van der Waals surface area contributed by atoms with Crippen LogP contribution in [0.2, 0.25) is 5.02 Å². The van der Waals surface area contributed by atoms with Gasteiger partial charge in [0.1, 0.15) is 0 Å². The van der Waals surface area contributed by atoms with Gasteiger partial charge in [0.2, 0.25) is 0 Å². The van der Waals surface area contributed by atoms with E-state index in [2.05, 4.69) is 11.8 Å². The molecule has 3 nitrogen and oxygen atoms in total. The molecule has 1 saturated heterocycles. The van der Waals surface area contributed by atoms with Gasteiger partial charge < -0.3 is 15.4 Å². The van der Waals surface area contributed by atoms with Crippen molar-refractivity contribution in [2.45, 2.75) is 25.4 Å². The van der Waals surface area contributed by atoms with Crippen LogP contribution in [0.5, 0.6) is 0 Å². The van der Waals surface area contributed by atoms with Crippen LogP contribution in [-0.4, -0.2) is 25.8 Å². The Labute approximate surface area is 107 Å². The first kappa shape index (κ1) is 12.5. The minimum atomic E-state index is -0.0790. The van der Waals surface area contributed by atoms with E-state index in [1.54, 1.807) is 13.2 Å². The lowest BCUT2D eigenvalue weighted by Gasteiger charge is -2.41. The Hall–Kier alpha value is -0.930. The lowest BCUT2D eigenvalue weighted by Crippen LogP contribution is -2.47. The number of nitrogen functional groups attached to an aromatic ring is 1. The average molecular weight is 255 g/mol. The highest BCUT2D eigenvalue weighted by molar-refractivity contribution is 6.31. The van der Waals surface area contributed by atoms with E-state index in [1.165, 1.54) is 0 Å². The number of methoxy groups -OCH3 is 1. The number of ether oxygens (including phenoxy) is 1. The zero-order valence-corrected chi connectivity index (χ0v) is 11.1. The first-order chi connectivity index (χ1) is 8.04. The van der Waals surface area contributed by atoms with Gasteiger partial charge in [-0.15, -0.1) is 0 Å². The predicted octanol–water partition coefficient (Wildman–Crippen LogP) is 2.93. The largest absolute Gasteiger partial charge is 0.397 e. The lowest BCUT2D eigenvalue weighted by atomic mass is 9.94. The van der Waals surface area contributed by atoms with E-state index in [4.69, 9.17) is 22.1 Å². The molecular formula is C13H19ClN2O. The lowest BCUT2D eigenvalue weighted by molar-refractivity contribution is -0.00462. The minimum absolute atomic E-state index is 0.0790. The van der Waals surface area contributed by atoms with Crippen molar-refractivity contribution < 1.29 is 4.74 Å². The van der Waals surface area contributed by atoms with Crippen LogP contribution in [0.25, 0.3) is 0 Å². The number of nitrogens with zero attached hydrogens (tertiary/aromatic N) is 1. The molecule has 1 atom stereocenters. The third-order valence-electron chi connectivity index (χ3n) is 3.48. The number of nitrogens with two attached hydrogens (primary N) is 1. The van der Waals surface area contributed by atoms with Crippen molar-refractivity contribution in [1.29, 1.82) is 0 Å². The molecule has 0 saturated carbocycles. The molecule has 17 heavy (non-hydrogen) atoms. The van der Waals surface area contributed by atoms with Gasteiger partial charge in [-0.25, -0.2) is 0 Å². The molecule has 1 fully saturated rings. The first-order valence-electron chi connectivity index (χ1n) is 5.89. The van der Waals surface area contributed by atoms with Gasteiger partial charge in [-0.05, 0) is 38.0 Å². The Morgan fingerprint density at radius 2 is 2.24 bits per heavy atom. The highest BCUT2D eigenvalue weighted by Gasteiger charge is 2.31. The molecule has 0 aliphatic carbocycles. The SMILES string of the molecule is COC1(C)CCCN(c2ccc(Cl)cc2N)C1. The van der Waals surface area contributed by atoms with Gasteiger partial charge in [-0.3, -0.25) is 0 Å². The summed E-state index contributed by atoms with van der Waals surface area (Å²) < 4.78 is 5.59. The van der Waals surface area contributed by atoms with E-state index >= 15 is 0 Å². The second-order valence-electron chi connectivity index (χ2n) is 4.88. The van der Waals surface area contributed by atoms with E-state index in [0.29, 0.717) is 5.02 Å². The first-order valence-corrected chi connectivity index (χ1v) is 6.27. The molecule has 4 heteroatoms. The summed E-state index contributed by atoms with van der Waals surface area (Å²) in [5.74, 6) is 0. The maximum absolute atomic E-state index is 6.02. The fraction of sp³-hybridized carbons (Fsp3) is 0.538. The van der Waals surface area contributed by atoms with Crippen LogP contribution in [0, 0.1) is 0 Å². The molecule has 1 unspecified atom stereocenters. The Kier molecular flexibility index (Phi) is 3.50. The number of rotatable bonds is 2. The molecule has 0 bridgehead atoms. The van der Waals surface area contributed by atoms with Crippen LogP contribution in [0.15, 0.2) is 18.2 Å². The molecule has 1 aliphatic rings. The molecule has 0 spiro atoms. The maximum Gasteiger partial charge on any atom is 0.0825 e. The van der Waals surface area contributed by atoms with Crippen LogP contribution in [-0.2, 0) is 4.74 Å². The number of benzene rings is 1. The fourth-order valence-electron chi connectivity index (χ4n) is 2.39. The van der Waals surface area contributed by atoms with Crippen LogP contribution in [0.1, 0.15) is 19.8 Å². The Bertz CT molecular complexity index is 410. The summed E-state index contributed by atoms with van der Waals surface area (Å²) in [7, 11) is 1.77. The second-order valence-corrected chi connectivity index (χ2v) is 5.32. The molecule has 94 valence electrons. The zero-order chi connectivity index (χ0) is 12.5. The maximum atomic E-state index is 6.02. The number of piperidine rings is 1. The molecule has 2 rings (SSSR count). The molecule has 1 aromatic carbocycles. The Morgan fingerprint density at radius 3 is 2.88 bits per heavy atom. The van der Waals surface area contributed by atoms with Gasteiger partial charge in [0, 0.05) is 25.2 Å². The standard InChI is InChI=1S/C13H19ClN2O/c1-13(17-2)6-3-7-16(9-13)12-5-4-10(14)8-11(12)15/h4-5,8H,3,6-7,9,15H2,1-2H3. The highest BCUT2D eigenvalue weighted by atomic mass is 35.5. The van der Waals surface area contributed by atoms with E-state index in [0.717, 1.165) is 37.3 Å². The van der Waals surface area contributed by atoms with Crippen molar-refractivity contribution in [3.63, 3.8) is 0 Å². The second kappa shape index (κ2) is 4.75. The van der Waals surface area contributed by atoms with Gasteiger partial charge in [-0.2, -0.15) is 0 Å². The van der Waals surface area contributed by atoms with E-state index in [1.807, 2.05) is 12.1 Å². The molecule has 0 radical (unpaired) electrons. The van der Waals surface area contributed by atoms with Crippen molar-refractivity contribution in [2.75, 3.05) is 30.8 Å². The normalized spacial score (nSPS) is 25.0. The third kappa shape index (κ3) is 2.67. The van der Waals surface area contributed by atoms with Gasteiger partial charge in [0.25, 0.3) is 0 Å². The molecule has 0 aromatic heterocycles. The summed E-state index contributed by atoms with van der Waals surface area (Å²) >= 11 is 5.92. The van der Waals surface area contributed by atoms with E-state index in [-0.39, 0.29) is 5.60 Å². The topological polar surface area (TPSA) is 38.5 Å². The van der Waals surface area contributed by atoms with Gasteiger partial charge in [0.05, 0.1) is 17.0 Å². The zero-order valence-electron chi connectivity index (χ0n) is 10.4. The van der Waals surface area contributed by atoms with Crippen LogP contribution in [0.4, 0.5) is 11.4 Å². The number of hydrogen-bond acceptors (Lipinski definition) is 3. The Balaban J connectivity index is 2.22. The summed E-state index contributed by atoms with van der Waals surface area (Å²) in [6.07, 6.45) is 2.21. The van der Waals surface area contributed by atoms with Crippen LogP contribution in [0.3, 0.4) is 0 Å². The summed E-state index contributed by atoms with van der Waals surface area (Å²) in [5.41, 5.74) is 7.72. The monoisotopic (exact) mass is 254 g/mol. The average Bonchev–Trinajstić information content (AvgIpc) is 2.29. The number of halogens is 1. The van der Waals surface area contributed by atoms with Crippen molar-refractivity contribution in [3.8, 4) is 0 Å². The highest BCUT2D eigenvalue weighted by Crippen LogP contribution is 2.32. The van der Waals surface area contributed by atoms with Crippen molar-refractivity contribution in [2.24, 2.45) is 0 Å². The molecular weight excluding hydrogens is 236 g/mol. The van der Waals surface area contributed by atoms with Crippen LogP contribution < -0.4 is 10.6 Å². The van der Waals surface area contributed by atoms with E-state index in [9.17, 15) is 0 Å². The molecule has 1 aromatic rings. The molecule has 2 N–H and O–H groups in total. The summed E-state index contributed by atoms with van der Waals surface area (Å²) in [4.78, 5) is 2.28. The number of anilines is 2. The predicted molar refractivity (Wildman–Crippen MR) is 72.7 cm³/mol. The third-order valence-corrected chi connectivity index (χ3v) is 3.72. The number of hydrogen-bond donors (Lipinski definition) is 1. The smallest absolute Gasteiger partial charge is 0.0825 e. The molecule has 1 aliphatic heterocycles. The summed E-state index contributed by atoms with van der Waals surface area (Å²) in [6, 6.07) is 5.67. The summed E-state index contributed by atoms with van der Waals surface area (Å²) in [5, 5.41) is 0.678. The molecule has 0 amide bonds. The summed E-state index contributed by atoms with van der Waals surface area (Å²) in [6.45, 7) is 4.03. The fourth-order valence-corrected chi connectivity index (χ4v) is 2.57. The Morgan fingerprint density at radius 1 is 1.47 bits per heavy atom. The van der Waals surface area contributed by atoms with Crippen molar-refractivity contribution in [1.82, 2.24) is 0 Å². The van der Waals surface area contributed by atoms with E-state index < -0.39 is 0 Å². The van der Waals surface area contributed by atoms with Gasteiger partial charge in [0.15, 0.2) is 0 Å². The van der Waals surface area contributed by atoms with Crippen molar-refractivity contribution in [3.05, 3.63) is 23.2 Å². The molecule has 1 heterocycles. The minimum Gasteiger partial charge on any atom is -0.397 e. The van der Waals surface area contributed by atoms with Crippen LogP contribution >= 0.6 is 11.6 Å².